The van der Waals surface area contributed by atoms with Gasteiger partial charge in [0.05, 0.1) is 11.1 Å². The largest absolute Gasteiger partial charge is 0.393 e. The number of halogens is 1. The number of aliphatic hydroxyl groups is 1. The van der Waals surface area contributed by atoms with Crippen molar-refractivity contribution >= 4 is 17.4 Å². The summed E-state index contributed by atoms with van der Waals surface area (Å²) in [5, 5.41) is 14.2. The molecule has 0 unspecified atom stereocenters. The van der Waals surface area contributed by atoms with Gasteiger partial charge in [-0.15, -0.1) is 0 Å². The molecule has 2 aliphatic rings. The molecule has 0 radical (unpaired) electrons. The van der Waals surface area contributed by atoms with Gasteiger partial charge < -0.3 is 15.0 Å². The average Bonchev–Trinajstić information content (AvgIpc) is 3.28. The smallest absolute Gasteiger partial charge is 0.258 e. The number of hydrogen-bond donors (Lipinski definition) is 2. The van der Waals surface area contributed by atoms with E-state index in [1.165, 1.54) is 0 Å². The highest BCUT2D eigenvalue weighted by atomic mass is 35.5. The Labute approximate surface area is 174 Å². The fourth-order valence-corrected chi connectivity index (χ4v) is 5.25. The first-order valence-electron chi connectivity index (χ1n) is 9.86. The molecule has 3 aromatic rings. The Morgan fingerprint density at radius 1 is 1.24 bits per heavy atom. The first-order valence-corrected chi connectivity index (χ1v) is 10.2. The Bertz CT molecular complexity index is 1170. The number of nitrogens with one attached hydrogen (secondary N) is 1. The van der Waals surface area contributed by atoms with Crippen LogP contribution in [0.1, 0.15) is 24.8 Å². The molecule has 1 aliphatic carbocycles. The van der Waals surface area contributed by atoms with Crippen LogP contribution in [0, 0.1) is 0 Å². The molecule has 1 fully saturated rings. The van der Waals surface area contributed by atoms with E-state index >= 15 is 0 Å². The molecule has 0 bridgehead atoms. The Morgan fingerprint density at radius 3 is 2.79 bits per heavy atom. The lowest BCUT2D eigenvalue weighted by Gasteiger charge is -2.24. The third-order valence-electron chi connectivity index (χ3n) is 6.33. The number of aliphatic hydroxyl groups excluding tert-OH is 1. The van der Waals surface area contributed by atoms with E-state index in [0.717, 1.165) is 47.5 Å². The minimum Gasteiger partial charge on any atom is -0.393 e. The number of nitrogens with zero attached hydrogens (tertiary/aromatic N) is 2. The molecule has 2 atom stereocenters. The van der Waals surface area contributed by atoms with Crippen LogP contribution in [0.3, 0.4) is 0 Å². The Balaban J connectivity index is 1.63. The zero-order valence-corrected chi connectivity index (χ0v) is 16.9. The number of rotatable bonds is 2. The highest BCUT2D eigenvalue weighted by molar-refractivity contribution is 6.34. The number of benzene rings is 1. The van der Waals surface area contributed by atoms with Crippen molar-refractivity contribution in [2.24, 2.45) is 7.05 Å². The van der Waals surface area contributed by atoms with Crippen molar-refractivity contribution in [3.05, 3.63) is 69.7 Å². The van der Waals surface area contributed by atoms with Crippen LogP contribution in [0.4, 0.5) is 5.82 Å². The summed E-state index contributed by atoms with van der Waals surface area (Å²) in [6.07, 6.45) is 5.64. The topological polar surface area (TPSA) is 67.2 Å². The third kappa shape index (κ3) is 2.88. The highest BCUT2D eigenvalue weighted by Crippen LogP contribution is 2.51. The summed E-state index contributed by atoms with van der Waals surface area (Å²) < 4.78 is 1.58. The van der Waals surface area contributed by atoms with Crippen molar-refractivity contribution in [1.82, 2.24) is 9.55 Å². The Hall–Kier alpha value is -2.63. The molecule has 5 rings (SSSR count). The molecule has 1 spiro atoms. The van der Waals surface area contributed by atoms with Crippen molar-refractivity contribution in [3.8, 4) is 22.3 Å². The lowest BCUT2D eigenvalue weighted by molar-refractivity contribution is 0.175. The Kier molecular flexibility index (Phi) is 4.26. The lowest BCUT2D eigenvalue weighted by Crippen LogP contribution is -2.26. The van der Waals surface area contributed by atoms with Gasteiger partial charge in [0.15, 0.2) is 0 Å². The molecular weight excluding hydrogens is 386 g/mol. The van der Waals surface area contributed by atoms with Gasteiger partial charge in [0, 0.05) is 48.1 Å². The van der Waals surface area contributed by atoms with Crippen LogP contribution < -0.4 is 10.9 Å². The first kappa shape index (κ1) is 18.4. The summed E-state index contributed by atoms with van der Waals surface area (Å²) in [6, 6.07) is 11.6. The molecule has 2 aromatic heterocycles. The van der Waals surface area contributed by atoms with Crippen LogP contribution in [-0.2, 0) is 12.5 Å². The SMILES string of the molecule is Cn1cccc(-c2cccc(-c3cnc4c(c3Cl)[C@]3(CC[C@H](O)C3)CN4)c2)c1=O. The number of aromatic nitrogens is 2. The molecule has 0 saturated heterocycles. The molecule has 6 heteroatoms. The fourth-order valence-electron chi connectivity index (χ4n) is 4.81. The maximum atomic E-state index is 12.5. The minimum absolute atomic E-state index is 0.0362. The molecule has 1 saturated carbocycles. The number of fused-ring (bicyclic) bond motifs is 2. The van der Waals surface area contributed by atoms with Crippen LogP contribution in [0.2, 0.25) is 5.02 Å². The van der Waals surface area contributed by atoms with E-state index in [1.54, 1.807) is 24.0 Å². The molecule has 148 valence electrons. The van der Waals surface area contributed by atoms with E-state index in [0.29, 0.717) is 17.0 Å². The van der Waals surface area contributed by atoms with Crippen LogP contribution >= 0.6 is 11.6 Å². The number of aryl methyl sites for hydroxylation is 1. The predicted octanol–water partition coefficient (Wildman–Crippen LogP) is 3.98. The molecule has 29 heavy (non-hydrogen) atoms. The summed E-state index contributed by atoms with van der Waals surface area (Å²) in [6.45, 7) is 0.760. The van der Waals surface area contributed by atoms with Crippen molar-refractivity contribution < 1.29 is 5.11 Å². The summed E-state index contributed by atoms with van der Waals surface area (Å²) in [4.78, 5) is 17.2. The second-order valence-electron chi connectivity index (χ2n) is 8.16. The van der Waals surface area contributed by atoms with E-state index in [1.807, 2.05) is 36.4 Å². The first-order chi connectivity index (χ1) is 14.0. The molecular formula is C23H22ClN3O2. The molecule has 0 amide bonds. The van der Waals surface area contributed by atoms with E-state index < -0.39 is 0 Å². The summed E-state index contributed by atoms with van der Waals surface area (Å²) >= 11 is 6.93. The number of anilines is 1. The van der Waals surface area contributed by atoms with E-state index in [9.17, 15) is 9.90 Å². The van der Waals surface area contributed by atoms with Crippen LogP contribution in [0.5, 0.6) is 0 Å². The zero-order chi connectivity index (χ0) is 20.2. The summed E-state index contributed by atoms with van der Waals surface area (Å²) in [5.41, 5.74) is 4.12. The fraction of sp³-hybridized carbons (Fsp3) is 0.304. The van der Waals surface area contributed by atoms with Crippen LogP contribution in [0.15, 0.2) is 53.6 Å². The van der Waals surface area contributed by atoms with Gasteiger partial charge in [-0.1, -0.05) is 29.8 Å². The molecule has 1 aromatic carbocycles. The van der Waals surface area contributed by atoms with Gasteiger partial charge in [-0.25, -0.2) is 4.98 Å². The molecule has 1 aliphatic heterocycles. The summed E-state index contributed by atoms with van der Waals surface area (Å²) in [5.74, 6) is 0.820. The minimum atomic E-state index is -0.292. The van der Waals surface area contributed by atoms with Crippen molar-refractivity contribution in [1.29, 1.82) is 0 Å². The van der Waals surface area contributed by atoms with E-state index in [-0.39, 0.29) is 17.1 Å². The standard InChI is InChI=1S/C23H22ClN3O2/c1-27-9-3-6-17(22(27)29)14-4-2-5-15(10-14)18-12-25-21-19(20(18)24)23(13-26-21)8-7-16(28)11-23/h2-6,9-10,12,16,28H,7-8,11,13H2,1H3,(H,25,26)/t16-,23-/m0/s1. The van der Waals surface area contributed by atoms with Crippen molar-refractivity contribution in [3.63, 3.8) is 0 Å². The van der Waals surface area contributed by atoms with Gasteiger partial charge in [-0.3, -0.25) is 4.79 Å². The van der Waals surface area contributed by atoms with Crippen molar-refractivity contribution in [2.75, 3.05) is 11.9 Å². The number of hydrogen-bond acceptors (Lipinski definition) is 4. The Morgan fingerprint density at radius 2 is 2.03 bits per heavy atom. The van der Waals surface area contributed by atoms with Crippen LogP contribution in [-0.4, -0.2) is 27.3 Å². The maximum Gasteiger partial charge on any atom is 0.258 e. The lowest BCUT2D eigenvalue weighted by atomic mass is 9.80. The molecule has 5 nitrogen and oxygen atoms in total. The second kappa shape index (κ2) is 6.71. The predicted molar refractivity (Wildman–Crippen MR) is 115 cm³/mol. The average molecular weight is 408 g/mol. The monoisotopic (exact) mass is 407 g/mol. The summed E-state index contributed by atoms with van der Waals surface area (Å²) in [7, 11) is 1.75. The van der Waals surface area contributed by atoms with Gasteiger partial charge in [-0.05, 0) is 48.6 Å². The van der Waals surface area contributed by atoms with Gasteiger partial charge in [0.2, 0.25) is 0 Å². The quantitative estimate of drug-likeness (QED) is 0.674. The molecule has 2 N–H and O–H groups in total. The zero-order valence-electron chi connectivity index (χ0n) is 16.2. The van der Waals surface area contributed by atoms with Gasteiger partial charge >= 0.3 is 0 Å². The van der Waals surface area contributed by atoms with Gasteiger partial charge in [0.1, 0.15) is 5.82 Å². The highest BCUT2D eigenvalue weighted by Gasteiger charge is 2.47. The van der Waals surface area contributed by atoms with E-state index in [2.05, 4.69) is 10.3 Å². The van der Waals surface area contributed by atoms with Gasteiger partial charge in [-0.2, -0.15) is 0 Å². The van der Waals surface area contributed by atoms with E-state index in [4.69, 9.17) is 11.6 Å². The molecule has 3 heterocycles. The normalized spacial score (nSPS) is 22.7. The van der Waals surface area contributed by atoms with Crippen molar-refractivity contribution in [2.45, 2.75) is 30.8 Å². The maximum absolute atomic E-state index is 12.5. The number of pyridine rings is 2. The van der Waals surface area contributed by atoms with Gasteiger partial charge in [0.25, 0.3) is 5.56 Å². The van der Waals surface area contributed by atoms with Crippen LogP contribution in [0.25, 0.3) is 22.3 Å². The third-order valence-corrected chi connectivity index (χ3v) is 6.72. The second-order valence-corrected chi connectivity index (χ2v) is 8.54.